The number of pyridine rings is 1. The molecule has 15 heavy (non-hydrogen) atoms. The number of anilines is 1. The van der Waals surface area contributed by atoms with Gasteiger partial charge in [0.25, 0.3) is 10.2 Å². The third-order valence-electron chi connectivity index (χ3n) is 1.63. The van der Waals surface area contributed by atoms with E-state index in [1.165, 1.54) is 6.20 Å². The topological polar surface area (TPSA) is 97.1 Å². The first-order chi connectivity index (χ1) is 7.07. The van der Waals surface area contributed by atoms with Crippen LogP contribution in [-0.2, 0) is 16.8 Å². The molecule has 0 radical (unpaired) electrons. The highest BCUT2D eigenvalue weighted by atomic mass is 32.2. The number of hydrogen-bond donors (Lipinski definition) is 3. The molecule has 6 nitrogen and oxygen atoms in total. The molecule has 1 aromatic rings. The molecule has 84 valence electrons. The fraction of sp³-hybridized carbons (Fsp3) is 0.375. The highest BCUT2D eigenvalue weighted by molar-refractivity contribution is 7.90. The maximum absolute atomic E-state index is 11.3. The number of aromatic nitrogens is 1. The Balaban J connectivity index is 2.73. The third kappa shape index (κ3) is 3.82. The van der Waals surface area contributed by atoms with Crippen LogP contribution in [0.1, 0.15) is 12.5 Å². The Morgan fingerprint density at radius 1 is 1.47 bits per heavy atom. The molecule has 0 aliphatic rings. The number of hydrogen-bond acceptors (Lipinski definition) is 4. The van der Waals surface area contributed by atoms with Gasteiger partial charge in [-0.25, -0.2) is 4.98 Å². The molecule has 1 aromatic heterocycles. The van der Waals surface area contributed by atoms with Crippen molar-refractivity contribution in [1.29, 1.82) is 0 Å². The Hall–Kier alpha value is -1.18. The van der Waals surface area contributed by atoms with Crippen LogP contribution >= 0.6 is 0 Å². The number of nitrogens with one attached hydrogen (secondary N) is 2. The van der Waals surface area contributed by atoms with Gasteiger partial charge in [-0.3, -0.25) is 4.72 Å². The van der Waals surface area contributed by atoms with E-state index >= 15 is 0 Å². The molecule has 4 N–H and O–H groups in total. The largest absolute Gasteiger partial charge is 0.326 e. The zero-order valence-electron chi connectivity index (χ0n) is 8.40. The Bertz CT molecular complexity index is 401. The van der Waals surface area contributed by atoms with Gasteiger partial charge in [0.1, 0.15) is 5.82 Å². The summed E-state index contributed by atoms with van der Waals surface area (Å²) < 4.78 is 27.1. The summed E-state index contributed by atoms with van der Waals surface area (Å²) in [6.07, 6.45) is 1.53. The molecule has 1 heterocycles. The molecule has 0 fully saturated rings. The predicted octanol–water partition coefficient (Wildman–Crippen LogP) is -0.194. The summed E-state index contributed by atoms with van der Waals surface area (Å²) in [5.74, 6) is 0.271. The van der Waals surface area contributed by atoms with Gasteiger partial charge in [-0.05, 0) is 11.6 Å². The van der Waals surface area contributed by atoms with Gasteiger partial charge in [0.15, 0.2) is 0 Å². The molecular formula is C8H14N4O2S. The van der Waals surface area contributed by atoms with Gasteiger partial charge in [-0.1, -0.05) is 13.0 Å². The number of rotatable bonds is 5. The second-order valence-electron chi connectivity index (χ2n) is 2.86. The lowest BCUT2D eigenvalue weighted by molar-refractivity contribution is 0.589. The van der Waals surface area contributed by atoms with Gasteiger partial charge in [0.05, 0.1) is 0 Å². The van der Waals surface area contributed by atoms with Crippen molar-refractivity contribution >= 4 is 16.0 Å². The highest BCUT2D eigenvalue weighted by Crippen LogP contribution is 2.05. The monoisotopic (exact) mass is 230 g/mol. The molecule has 0 aromatic carbocycles. The summed E-state index contributed by atoms with van der Waals surface area (Å²) >= 11 is 0. The van der Waals surface area contributed by atoms with E-state index in [9.17, 15) is 8.42 Å². The summed E-state index contributed by atoms with van der Waals surface area (Å²) in [6.45, 7) is 2.41. The summed E-state index contributed by atoms with van der Waals surface area (Å²) in [5, 5.41) is 0. The van der Waals surface area contributed by atoms with Gasteiger partial charge in [0.2, 0.25) is 0 Å². The Morgan fingerprint density at radius 3 is 2.67 bits per heavy atom. The van der Waals surface area contributed by atoms with Crippen molar-refractivity contribution in [3.63, 3.8) is 0 Å². The molecule has 0 saturated carbocycles. The smallest absolute Gasteiger partial charge is 0.300 e. The molecule has 7 heteroatoms. The van der Waals surface area contributed by atoms with Crippen LogP contribution in [0.25, 0.3) is 0 Å². The van der Waals surface area contributed by atoms with Crippen LogP contribution < -0.4 is 15.2 Å². The van der Waals surface area contributed by atoms with E-state index in [4.69, 9.17) is 5.73 Å². The van der Waals surface area contributed by atoms with Crippen molar-refractivity contribution in [1.82, 2.24) is 9.71 Å². The van der Waals surface area contributed by atoms with Crippen molar-refractivity contribution in [3.8, 4) is 0 Å². The molecule has 0 aliphatic heterocycles. The zero-order valence-corrected chi connectivity index (χ0v) is 9.21. The zero-order chi connectivity index (χ0) is 11.3. The molecular weight excluding hydrogens is 216 g/mol. The molecule has 0 bridgehead atoms. The van der Waals surface area contributed by atoms with E-state index in [0.717, 1.165) is 5.56 Å². The van der Waals surface area contributed by atoms with Crippen LogP contribution in [0, 0.1) is 0 Å². The minimum absolute atomic E-state index is 0.271. The van der Waals surface area contributed by atoms with Crippen LogP contribution in [0.2, 0.25) is 0 Å². The summed E-state index contributed by atoms with van der Waals surface area (Å²) in [5.41, 5.74) is 6.23. The van der Waals surface area contributed by atoms with E-state index in [1.54, 1.807) is 19.1 Å². The third-order valence-corrected chi connectivity index (χ3v) is 2.78. The van der Waals surface area contributed by atoms with Crippen molar-refractivity contribution in [2.24, 2.45) is 5.73 Å². The Kier molecular flexibility index (Phi) is 4.01. The van der Waals surface area contributed by atoms with E-state index in [2.05, 4.69) is 14.4 Å². The second-order valence-corrected chi connectivity index (χ2v) is 4.36. The van der Waals surface area contributed by atoms with Crippen LogP contribution in [-0.4, -0.2) is 19.9 Å². The van der Waals surface area contributed by atoms with Crippen molar-refractivity contribution in [2.75, 3.05) is 11.3 Å². The van der Waals surface area contributed by atoms with E-state index in [0.29, 0.717) is 13.1 Å². The lowest BCUT2D eigenvalue weighted by Gasteiger charge is -2.06. The molecule has 0 atom stereocenters. The van der Waals surface area contributed by atoms with Gasteiger partial charge >= 0.3 is 0 Å². The van der Waals surface area contributed by atoms with Gasteiger partial charge in [-0.15, -0.1) is 0 Å². The Morgan fingerprint density at radius 2 is 2.20 bits per heavy atom. The van der Waals surface area contributed by atoms with E-state index in [1.807, 2.05) is 0 Å². The molecule has 0 saturated heterocycles. The molecule has 0 spiro atoms. The minimum Gasteiger partial charge on any atom is -0.326 e. The van der Waals surface area contributed by atoms with Crippen LogP contribution in [0.5, 0.6) is 0 Å². The molecule has 1 rings (SSSR count). The Labute approximate surface area is 89.1 Å². The lowest BCUT2D eigenvalue weighted by Crippen LogP contribution is -2.30. The van der Waals surface area contributed by atoms with Crippen molar-refractivity contribution in [2.45, 2.75) is 13.5 Å². The fourth-order valence-electron chi connectivity index (χ4n) is 0.969. The minimum atomic E-state index is -3.50. The van der Waals surface area contributed by atoms with Crippen LogP contribution in [0.15, 0.2) is 18.3 Å². The normalized spacial score (nSPS) is 11.3. The van der Waals surface area contributed by atoms with Crippen LogP contribution in [0.3, 0.4) is 0 Å². The molecule has 0 aliphatic carbocycles. The second kappa shape index (κ2) is 5.06. The van der Waals surface area contributed by atoms with Crippen molar-refractivity contribution in [3.05, 3.63) is 23.9 Å². The average molecular weight is 230 g/mol. The number of nitrogens with two attached hydrogens (primary N) is 1. The van der Waals surface area contributed by atoms with Crippen LogP contribution in [0.4, 0.5) is 5.82 Å². The van der Waals surface area contributed by atoms with Gasteiger partial charge in [-0.2, -0.15) is 13.1 Å². The summed E-state index contributed by atoms with van der Waals surface area (Å²) in [4.78, 5) is 3.91. The number of nitrogens with zero attached hydrogens (tertiary/aromatic N) is 1. The fourth-order valence-corrected chi connectivity index (χ4v) is 1.82. The first-order valence-corrected chi connectivity index (χ1v) is 5.98. The first-order valence-electron chi connectivity index (χ1n) is 4.50. The quantitative estimate of drug-likeness (QED) is 0.653. The predicted molar refractivity (Wildman–Crippen MR) is 58.3 cm³/mol. The first kappa shape index (κ1) is 11.9. The van der Waals surface area contributed by atoms with E-state index in [-0.39, 0.29) is 5.82 Å². The van der Waals surface area contributed by atoms with Gasteiger partial charge < -0.3 is 5.73 Å². The maximum atomic E-state index is 11.3. The lowest BCUT2D eigenvalue weighted by atomic mass is 10.3. The summed E-state index contributed by atoms with van der Waals surface area (Å²) in [7, 11) is -3.50. The van der Waals surface area contributed by atoms with Crippen molar-refractivity contribution < 1.29 is 8.42 Å². The summed E-state index contributed by atoms with van der Waals surface area (Å²) in [6, 6.07) is 3.29. The van der Waals surface area contributed by atoms with Gasteiger partial charge in [0, 0.05) is 19.3 Å². The van der Waals surface area contributed by atoms with E-state index < -0.39 is 10.2 Å². The average Bonchev–Trinajstić information content (AvgIpc) is 2.18. The SMILES string of the molecule is CCNS(=O)(=O)Nc1ccc(CN)cn1. The molecule has 0 unspecified atom stereocenters. The highest BCUT2D eigenvalue weighted by Gasteiger charge is 2.07. The maximum Gasteiger partial charge on any atom is 0.300 e. The molecule has 0 amide bonds. The standard InChI is InChI=1S/C8H14N4O2S/c1-2-11-15(13,14)12-8-4-3-7(5-9)6-10-8/h3-4,6,11H,2,5,9H2,1H3,(H,10,12).